The number of benzene rings is 3. The van der Waals surface area contributed by atoms with Crippen molar-refractivity contribution in [3.05, 3.63) is 95.6 Å². The van der Waals surface area contributed by atoms with Gasteiger partial charge in [0.05, 0.1) is 6.61 Å². The number of ether oxygens (including phenoxy) is 2. The van der Waals surface area contributed by atoms with Crippen LogP contribution in [-0.4, -0.2) is 37.0 Å². The third-order valence-corrected chi connectivity index (χ3v) is 5.97. The van der Waals surface area contributed by atoms with Crippen molar-refractivity contribution in [1.82, 2.24) is 5.32 Å². The van der Waals surface area contributed by atoms with Crippen molar-refractivity contribution >= 4 is 0 Å². The van der Waals surface area contributed by atoms with Crippen LogP contribution >= 0.6 is 0 Å². The lowest BCUT2D eigenvalue weighted by Crippen LogP contribution is -2.39. The smallest absolute Gasteiger partial charge is 0.119 e. The van der Waals surface area contributed by atoms with Gasteiger partial charge in [-0.05, 0) is 66.6 Å². The molecule has 2 atom stereocenters. The molecular weight excluding hydrogens is 398 g/mol. The molecule has 32 heavy (non-hydrogen) atoms. The third-order valence-electron chi connectivity index (χ3n) is 5.97. The number of aryl methyl sites for hydroxylation is 1. The summed E-state index contributed by atoms with van der Waals surface area (Å²) in [6, 6.07) is 26.9. The zero-order chi connectivity index (χ0) is 22.0. The minimum Gasteiger partial charge on any atom is -0.493 e. The van der Waals surface area contributed by atoms with Crippen LogP contribution in [0.4, 0.5) is 0 Å². The van der Waals surface area contributed by atoms with Crippen LogP contribution in [0.25, 0.3) is 0 Å². The van der Waals surface area contributed by atoms with Crippen molar-refractivity contribution < 1.29 is 14.6 Å². The number of aliphatic hydroxyl groups excluding tert-OH is 1. The normalized spacial score (nSPS) is 16.6. The van der Waals surface area contributed by atoms with E-state index >= 15 is 0 Å². The maximum atomic E-state index is 10.3. The van der Waals surface area contributed by atoms with Gasteiger partial charge in [-0.1, -0.05) is 54.6 Å². The average molecular weight is 432 g/mol. The topological polar surface area (TPSA) is 50.7 Å². The van der Waals surface area contributed by atoms with Crippen molar-refractivity contribution in [2.45, 2.75) is 44.2 Å². The van der Waals surface area contributed by atoms with Crippen molar-refractivity contribution in [1.29, 1.82) is 0 Å². The zero-order valence-electron chi connectivity index (χ0n) is 18.6. The number of nitrogens with one attached hydrogen (secondary N) is 1. The molecule has 3 aromatic carbocycles. The molecule has 0 amide bonds. The van der Waals surface area contributed by atoms with E-state index in [4.69, 9.17) is 9.47 Å². The number of para-hydroxylation sites is 1. The lowest BCUT2D eigenvalue weighted by Gasteiger charge is -2.20. The van der Waals surface area contributed by atoms with E-state index in [1.807, 2.05) is 36.4 Å². The van der Waals surface area contributed by atoms with Gasteiger partial charge in [0.2, 0.25) is 0 Å². The van der Waals surface area contributed by atoms with E-state index in [1.54, 1.807) is 0 Å². The molecule has 0 aliphatic heterocycles. The summed E-state index contributed by atoms with van der Waals surface area (Å²) < 4.78 is 11.7. The first-order chi connectivity index (χ1) is 15.8. The van der Waals surface area contributed by atoms with Gasteiger partial charge in [0.15, 0.2) is 0 Å². The molecular formula is C28H33NO3. The van der Waals surface area contributed by atoms with E-state index in [0.29, 0.717) is 25.8 Å². The minimum absolute atomic E-state index is 0.291. The predicted octanol–water partition coefficient (Wildman–Crippen LogP) is 4.59. The first-order valence-corrected chi connectivity index (χ1v) is 11.6. The summed E-state index contributed by atoms with van der Waals surface area (Å²) in [5.74, 6) is 1.73. The molecule has 4 rings (SSSR count). The van der Waals surface area contributed by atoms with Gasteiger partial charge < -0.3 is 19.9 Å². The molecule has 0 radical (unpaired) electrons. The predicted molar refractivity (Wildman–Crippen MR) is 128 cm³/mol. The SMILES string of the molecule is O[C@@H](CNC1CCCc2ccc(OCCc3ccccc3)cc2C1)COc1ccccc1. The largest absolute Gasteiger partial charge is 0.493 e. The summed E-state index contributed by atoms with van der Waals surface area (Å²) in [6.07, 6.45) is 4.67. The van der Waals surface area contributed by atoms with Crippen LogP contribution in [0.2, 0.25) is 0 Å². The average Bonchev–Trinajstić information content (AvgIpc) is 3.04. The lowest BCUT2D eigenvalue weighted by atomic mass is 10.0. The Kier molecular flexibility index (Phi) is 8.18. The number of fused-ring (bicyclic) bond motifs is 1. The van der Waals surface area contributed by atoms with Crippen molar-refractivity contribution in [3.8, 4) is 11.5 Å². The quantitative estimate of drug-likeness (QED) is 0.461. The summed E-state index contributed by atoms with van der Waals surface area (Å²) in [4.78, 5) is 0. The Balaban J connectivity index is 1.25. The van der Waals surface area contributed by atoms with E-state index < -0.39 is 6.10 Å². The van der Waals surface area contributed by atoms with Gasteiger partial charge in [-0.2, -0.15) is 0 Å². The van der Waals surface area contributed by atoms with Crippen molar-refractivity contribution in [2.75, 3.05) is 19.8 Å². The van der Waals surface area contributed by atoms with Gasteiger partial charge >= 0.3 is 0 Å². The zero-order valence-corrected chi connectivity index (χ0v) is 18.6. The first kappa shape index (κ1) is 22.4. The van der Waals surface area contributed by atoms with Gasteiger partial charge in [-0.3, -0.25) is 0 Å². The van der Waals surface area contributed by atoms with Crippen LogP contribution in [0.15, 0.2) is 78.9 Å². The summed E-state index contributed by atoms with van der Waals surface area (Å²) in [5.41, 5.74) is 4.06. The Morgan fingerprint density at radius 1 is 0.875 bits per heavy atom. The molecule has 0 saturated heterocycles. The first-order valence-electron chi connectivity index (χ1n) is 11.6. The molecule has 0 fully saturated rings. The molecule has 1 aliphatic rings. The fourth-order valence-corrected chi connectivity index (χ4v) is 4.21. The van der Waals surface area contributed by atoms with E-state index in [9.17, 15) is 5.11 Å². The number of aliphatic hydroxyl groups is 1. The second-order valence-corrected chi connectivity index (χ2v) is 8.49. The fourth-order valence-electron chi connectivity index (χ4n) is 4.21. The molecule has 0 bridgehead atoms. The van der Waals surface area contributed by atoms with Crippen LogP contribution in [0.3, 0.4) is 0 Å². The number of hydrogen-bond donors (Lipinski definition) is 2. The van der Waals surface area contributed by atoms with E-state index in [-0.39, 0.29) is 0 Å². The van der Waals surface area contributed by atoms with Crippen LogP contribution in [0.5, 0.6) is 11.5 Å². The van der Waals surface area contributed by atoms with Gasteiger partial charge in [0, 0.05) is 19.0 Å². The molecule has 1 unspecified atom stereocenters. The highest BCUT2D eigenvalue weighted by Gasteiger charge is 2.18. The molecule has 4 nitrogen and oxygen atoms in total. The number of rotatable bonds is 10. The maximum Gasteiger partial charge on any atom is 0.119 e. The monoisotopic (exact) mass is 431 g/mol. The molecule has 168 valence electrons. The maximum absolute atomic E-state index is 10.3. The Labute approximate surface area is 191 Å². The molecule has 0 spiro atoms. The second-order valence-electron chi connectivity index (χ2n) is 8.49. The Morgan fingerprint density at radius 3 is 2.47 bits per heavy atom. The Morgan fingerprint density at radius 2 is 1.66 bits per heavy atom. The van der Waals surface area contributed by atoms with E-state index in [2.05, 4.69) is 47.8 Å². The number of hydrogen-bond acceptors (Lipinski definition) is 4. The van der Waals surface area contributed by atoms with Crippen LogP contribution in [0.1, 0.15) is 29.5 Å². The highest BCUT2D eigenvalue weighted by Crippen LogP contribution is 2.25. The van der Waals surface area contributed by atoms with Crippen LogP contribution in [0, 0.1) is 0 Å². The van der Waals surface area contributed by atoms with Gasteiger partial charge in [-0.25, -0.2) is 0 Å². The summed E-state index contributed by atoms with van der Waals surface area (Å²) in [5, 5.41) is 13.9. The molecule has 1 aliphatic carbocycles. The summed E-state index contributed by atoms with van der Waals surface area (Å²) in [6.45, 7) is 1.50. The molecule has 0 saturated carbocycles. The molecule has 3 aromatic rings. The van der Waals surface area contributed by atoms with Crippen LogP contribution in [-0.2, 0) is 19.3 Å². The highest BCUT2D eigenvalue weighted by atomic mass is 16.5. The second kappa shape index (κ2) is 11.7. The third kappa shape index (κ3) is 6.84. The van der Waals surface area contributed by atoms with Gasteiger partial charge in [0.25, 0.3) is 0 Å². The van der Waals surface area contributed by atoms with Crippen molar-refractivity contribution in [3.63, 3.8) is 0 Å². The van der Waals surface area contributed by atoms with Crippen molar-refractivity contribution in [2.24, 2.45) is 0 Å². The minimum atomic E-state index is -0.536. The lowest BCUT2D eigenvalue weighted by molar-refractivity contribution is 0.103. The Hall–Kier alpha value is -2.82. The summed E-state index contributed by atoms with van der Waals surface area (Å²) in [7, 11) is 0. The van der Waals surface area contributed by atoms with Crippen LogP contribution < -0.4 is 14.8 Å². The Bertz CT molecular complexity index is 945. The molecule has 0 heterocycles. The highest BCUT2D eigenvalue weighted by molar-refractivity contribution is 5.37. The van der Waals surface area contributed by atoms with Gasteiger partial charge in [0.1, 0.15) is 24.2 Å². The summed E-state index contributed by atoms with van der Waals surface area (Å²) >= 11 is 0. The van der Waals surface area contributed by atoms with E-state index in [0.717, 1.165) is 43.6 Å². The standard InChI is InChI=1S/C28H33NO3/c30-26(21-32-27-12-5-2-6-13-27)20-29-25-11-7-10-23-14-15-28(19-24(23)18-25)31-17-16-22-8-3-1-4-9-22/h1-6,8-9,12-15,19,25-26,29-30H,7,10-11,16-18,20-21H2/t25?,26-/m0/s1. The fraction of sp³-hybridized carbons (Fsp3) is 0.357. The molecule has 4 heteroatoms. The van der Waals surface area contributed by atoms with E-state index in [1.165, 1.54) is 16.7 Å². The molecule has 2 N–H and O–H groups in total. The molecule has 0 aromatic heterocycles. The van der Waals surface area contributed by atoms with Gasteiger partial charge in [-0.15, -0.1) is 0 Å².